The number of halogens is 7. The number of hydrogen-bond donors (Lipinski definition) is 1. The molecule has 13 heteroatoms. The molecule has 1 N–H and O–H groups in total. The van der Waals surface area contributed by atoms with Gasteiger partial charge in [0, 0.05) is 0 Å². The van der Waals surface area contributed by atoms with Crippen LogP contribution in [0.5, 0.6) is 0 Å². The topological polar surface area (TPSA) is 64.7 Å². The van der Waals surface area contributed by atoms with E-state index >= 15 is 0 Å². The molecule has 0 spiro atoms. The van der Waals surface area contributed by atoms with Crippen LogP contribution in [-0.2, 0) is 23.7 Å². The van der Waals surface area contributed by atoms with Crippen molar-refractivity contribution in [3.05, 3.63) is 62.6 Å². The number of benzene rings is 1. The van der Waals surface area contributed by atoms with E-state index in [2.05, 4.69) is 31.4 Å². The lowest BCUT2D eigenvalue weighted by molar-refractivity contribution is -0.142. The van der Waals surface area contributed by atoms with Crippen LogP contribution in [0.25, 0.3) is 0 Å². The number of nitrogens with one attached hydrogen (secondary N) is 1. The van der Waals surface area contributed by atoms with E-state index < -0.39 is 35.6 Å². The molecular formula is C21H20BrF6N5O. The largest absolute Gasteiger partial charge is 0.436 e. The second kappa shape index (κ2) is 9.08. The first-order valence-corrected chi connectivity index (χ1v) is 10.7. The Morgan fingerprint density at radius 2 is 1.71 bits per heavy atom. The average molecular weight is 552 g/mol. The van der Waals surface area contributed by atoms with E-state index in [1.54, 1.807) is 13.8 Å². The zero-order valence-electron chi connectivity index (χ0n) is 18.4. The molecule has 3 rings (SSSR count). The van der Waals surface area contributed by atoms with E-state index in [4.69, 9.17) is 0 Å². The molecule has 0 saturated heterocycles. The molecule has 2 aromatic heterocycles. The summed E-state index contributed by atoms with van der Waals surface area (Å²) in [5.41, 5.74) is -0.223. The SMILES string of the molecule is Cc1nn(Cc2cccc(C(F)(F)F)c2)c(C)c1NC(=O)C(C)n1nc(C(F)(F)F)c(Br)c1C. The number of anilines is 1. The highest BCUT2D eigenvalue weighted by Crippen LogP contribution is 2.36. The standard InChI is InChI=1S/C21H20BrF6N5O/c1-10-17(12(3)32(30-10)9-14-6-5-7-15(8-14)20(23,24)25)29-19(34)13(4)33-11(2)16(22)18(31-33)21(26,27)28/h5-8,13H,9H2,1-4H3,(H,29,34). The van der Waals surface area contributed by atoms with Crippen molar-refractivity contribution in [3.63, 3.8) is 0 Å². The van der Waals surface area contributed by atoms with Crippen molar-refractivity contribution in [2.75, 3.05) is 5.32 Å². The zero-order valence-corrected chi connectivity index (χ0v) is 20.0. The number of carbonyl (C=O) groups excluding carboxylic acids is 1. The zero-order chi connectivity index (χ0) is 25.6. The maximum atomic E-state index is 13.2. The molecule has 0 aliphatic rings. The molecular weight excluding hydrogens is 532 g/mol. The number of nitrogens with zero attached hydrogens (tertiary/aromatic N) is 4. The van der Waals surface area contributed by atoms with E-state index in [0.717, 1.165) is 16.8 Å². The number of carbonyl (C=O) groups is 1. The van der Waals surface area contributed by atoms with Crippen molar-refractivity contribution < 1.29 is 31.1 Å². The van der Waals surface area contributed by atoms with Crippen LogP contribution in [0, 0.1) is 20.8 Å². The van der Waals surface area contributed by atoms with Gasteiger partial charge in [0.15, 0.2) is 5.69 Å². The van der Waals surface area contributed by atoms with Gasteiger partial charge >= 0.3 is 12.4 Å². The van der Waals surface area contributed by atoms with Crippen LogP contribution in [0.1, 0.15) is 46.9 Å². The predicted molar refractivity (Wildman–Crippen MR) is 115 cm³/mol. The third-order valence-corrected chi connectivity index (χ3v) is 6.26. The van der Waals surface area contributed by atoms with Crippen LogP contribution in [0.2, 0.25) is 0 Å². The molecule has 34 heavy (non-hydrogen) atoms. The molecule has 0 saturated carbocycles. The lowest BCUT2D eigenvalue weighted by Gasteiger charge is -2.15. The Morgan fingerprint density at radius 1 is 1.06 bits per heavy atom. The summed E-state index contributed by atoms with van der Waals surface area (Å²) in [7, 11) is 0. The Balaban J connectivity index is 1.83. The molecule has 0 bridgehead atoms. The third-order valence-electron chi connectivity index (χ3n) is 5.31. The fourth-order valence-corrected chi connectivity index (χ4v) is 3.93. The quantitative estimate of drug-likeness (QED) is 0.392. The predicted octanol–water partition coefficient (Wildman–Crippen LogP) is 6.05. The lowest BCUT2D eigenvalue weighted by Crippen LogP contribution is -2.26. The maximum Gasteiger partial charge on any atom is 0.436 e. The van der Waals surface area contributed by atoms with Crippen LogP contribution in [-0.4, -0.2) is 25.5 Å². The minimum absolute atomic E-state index is 0.0299. The van der Waals surface area contributed by atoms with E-state index in [1.165, 1.54) is 30.7 Å². The van der Waals surface area contributed by atoms with Crippen LogP contribution in [0.15, 0.2) is 28.7 Å². The molecule has 0 aliphatic heterocycles. The molecule has 2 heterocycles. The first kappa shape index (κ1) is 25.8. The summed E-state index contributed by atoms with van der Waals surface area (Å²) in [5.74, 6) is -0.628. The van der Waals surface area contributed by atoms with Gasteiger partial charge in [0.1, 0.15) is 6.04 Å². The molecule has 0 fully saturated rings. The maximum absolute atomic E-state index is 13.2. The first-order valence-electron chi connectivity index (χ1n) is 9.94. The van der Waals surface area contributed by atoms with Gasteiger partial charge < -0.3 is 5.32 Å². The number of aromatic nitrogens is 4. The fourth-order valence-electron chi connectivity index (χ4n) is 3.45. The minimum Gasteiger partial charge on any atom is -0.321 e. The van der Waals surface area contributed by atoms with Crippen molar-refractivity contribution in [2.24, 2.45) is 0 Å². The van der Waals surface area contributed by atoms with Crippen molar-refractivity contribution in [2.45, 2.75) is 52.6 Å². The van der Waals surface area contributed by atoms with Gasteiger partial charge in [-0.15, -0.1) is 0 Å². The first-order chi connectivity index (χ1) is 15.6. The molecule has 0 radical (unpaired) electrons. The Hall–Kier alpha value is -2.83. The van der Waals surface area contributed by atoms with Crippen LogP contribution >= 0.6 is 15.9 Å². The Bertz CT molecular complexity index is 1230. The summed E-state index contributed by atoms with van der Waals surface area (Å²) in [6.07, 6.45) is -9.17. The number of rotatable bonds is 5. The number of alkyl halides is 6. The summed E-state index contributed by atoms with van der Waals surface area (Å²) in [6, 6.07) is 3.74. The minimum atomic E-state index is -4.69. The Kier molecular flexibility index (Phi) is 6.89. The number of aryl methyl sites for hydroxylation is 1. The van der Waals surface area contributed by atoms with Crippen molar-refractivity contribution in [1.29, 1.82) is 0 Å². The van der Waals surface area contributed by atoms with E-state index in [1.807, 2.05) is 0 Å². The highest BCUT2D eigenvalue weighted by molar-refractivity contribution is 9.10. The van der Waals surface area contributed by atoms with E-state index in [0.29, 0.717) is 22.6 Å². The highest BCUT2D eigenvalue weighted by atomic mass is 79.9. The average Bonchev–Trinajstić information content (AvgIpc) is 3.17. The molecule has 0 aliphatic carbocycles. The van der Waals surface area contributed by atoms with E-state index in [-0.39, 0.29) is 16.7 Å². The van der Waals surface area contributed by atoms with Gasteiger partial charge in [-0.3, -0.25) is 14.2 Å². The second-order valence-electron chi connectivity index (χ2n) is 7.76. The van der Waals surface area contributed by atoms with Crippen molar-refractivity contribution >= 4 is 27.5 Å². The molecule has 1 unspecified atom stereocenters. The van der Waals surface area contributed by atoms with Crippen molar-refractivity contribution in [1.82, 2.24) is 19.6 Å². The summed E-state index contributed by atoms with van der Waals surface area (Å²) in [5, 5.41) is 10.5. The molecule has 6 nitrogen and oxygen atoms in total. The number of hydrogen-bond acceptors (Lipinski definition) is 3. The van der Waals surface area contributed by atoms with Gasteiger partial charge in [-0.05, 0) is 61.3 Å². The van der Waals surface area contributed by atoms with Crippen molar-refractivity contribution in [3.8, 4) is 0 Å². The molecule has 1 atom stereocenters. The Labute approximate surface area is 199 Å². The van der Waals surface area contributed by atoms with Gasteiger partial charge in [0.2, 0.25) is 5.91 Å². The highest BCUT2D eigenvalue weighted by Gasteiger charge is 2.39. The summed E-state index contributed by atoms with van der Waals surface area (Å²) in [6.45, 7) is 6.07. The second-order valence-corrected chi connectivity index (χ2v) is 8.55. The van der Waals surface area contributed by atoms with Gasteiger partial charge in [0.25, 0.3) is 0 Å². The van der Waals surface area contributed by atoms with Crippen LogP contribution < -0.4 is 5.32 Å². The van der Waals surface area contributed by atoms with Crippen LogP contribution in [0.4, 0.5) is 32.0 Å². The summed E-state index contributed by atoms with van der Waals surface area (Å²) < 4.78 is 80.6. The number of amides is 1. The van der Waals surface area contributed by atoms with Gasteiger partial charge in [-0.1, -0.05) is 12.1 Å². The molecule has 1 aromatic carbocycles. The molecule has 184 valence electrons. The van der Waals surface area contributed by atoms with Gasteiger partial charge in [-0.25, -0.2) is 0 Å². The third kappa shape index (κ3) is 5.13. The molecule has 1 amide bonds. The monoisotopic (exact) mass is 551 g/mol. The normalized spacial score (nSPS) is 13.3. The smallest absolute Gasteiger partial charge is 0.321 e. The summed E-state index contributed by atoms with van der Waals surface area (Å²) in [4.78, 5) is 12.8. The Morgan fingerprint density at radius 3 is 2.26 bits per heavy atom. The van der Waals surface area contributed by atoms with Gasteiger partial charge in [-0.2, -0.15) is 36.5 Å². The molecule has 3 aromatic rings. The summed E-state index contributed by atoms with van der Waals surface area (Å²) >= 11 is 2.88. The van der Waals surface area contributed by atoms with E-state index in [9.17, 15) is 31.1 Å². The van der Waals surface area contributed by atoms with Crippen LogP contribution in [0.3, 0.4) is 0 Å². The van der Waals surface area contributed by atoms with Gasteiger partial charge in [0.05, 0.1) is 39.4 Å². The fraction of sp³-hybridized carbons (Fsp3) is 0.381. The lowest BCUT2D eigenvalue weighted by atomic mass is 10.1.